The van der Waals surface area contributed by atoms with E-state index in [0.29, 0.717) is 12.6 Å². The van der Waals surface area contributed by atoms with Gasteiger partial charge in [-0.2, -0.15) is 0 Å². The summed E-state index contributed by atoms with van der Waals surface area (Å²) < 4.78 is 0. The summed E-state index contributed by atoms with van der Waals surface area (Å²) in [5.74, 6) is 0.728. The lowest BCUT2D eigenvalue weighted by atomic mass is 9.79. The van der Waals surface area contributed by atoms with Gasteiger partial charge in [0.2, 0.25) is 0 Å². The highest BCUT2D eigenvalue weighted by Gasteiger charge is 2.26. The van der Waals surface area contributed by atoms with Gasteiger partial charge in [-0.1, -0.05) is 30.2 Å². The summed E-state index contributed by atoms with van der Waals surface area (Å²) >= 11 is 6.09. The van der Waals surface area contributed by atoms with E-state index in [1.54, 1.807) is 0 Å². The Hall–Kier alpha value is -0.730. The fraction of sp³-hybridized carbons (Fsp3) is 0.500. The van der Waals surface area contributed by atoms with Crippen LogP contribution in [0.25, 0.3) is 0 Å². The van der Waals surface area contributed by atoms with Crippen molar-refractivity contribution in [3.63, 3.8) is 0 Å². The van der Waals surface area contributed by atoms with Crippen molar-refractivity contribution in [3.8, 4) is 0 Å². The van der Waals surface area contributed by atoms with Crippen LogP contribution in [-0.4, -0.2) is 12.6 Å². The summed E-state index contributed by atoms with van der Waals surface area (Å²) in [4.78, 5) is 0. The molecular weight excluding hydrogens is 208 g/mol. The van der Waals surface area contributed by atoms with Crippen molar-refractivity contribution >= 4 is 17.3 Å². The van der Waals surface area contributed by atoms with E-state index in [-0.39, 0.29) is 0 Å². The molecule has 1 aliphatic carbocycles. The van der Waals surface area contributed by atoms with Gasteiger partial charge in [0.25, 0.3) is 0 Å². The number of anilines is 1. The number of halogens is 1. The minimum Gasteiger partial charge on any atom is -0.380 e. The number of nitrogens with two attached hydrogens (primary N) is 1. The zero-order valence-electron chi connectivity index (χ0n) is 8.75. The van der Waals surface area contributed by atoms with Crippen LogP contribution >= 0.6 is 11.6 Å². The van der Waals surface area contributed by atoms with Crippen molar-refractivity contribution in [3.05, 3.63) is 29.3 Å². The van der Waals surface area contributed by atoms with Crippen LogP contribution in [-0.2, 0) is 0 Å². The molecule has 2 rings (SSSR count). The molecule has 0 heterocycles. The average molecular weight is 225 g/mol. The second-order valence-electron chi connectivity index (χ2n) is 4.16. The van der Waals surface area contributed by atoms with Crippen molar-refractivity contribution in [2.24, 2.45) is 11.7 Å². The van der Waals surface area contributed by atoms with E-state index >= 15 is 0 Å². The van der Waals surface area contributed by atoms with Crippen molar-refractivity contribution in [1.82, 2.24) is 0 Å². The molecule has 0 radical (unpaired) electrons. The SMILES string of the molecule is NCC(Nc1ccccc1Cl)C1CCC1. The Morgan fingerprint density at radius 1 is 1.40 bits per heavy atom. The van der Waals surface area contributed by atoms with Crippen LogP contribution in [0.15, 0.2) is 24.3 Å². The predicted octanol–water partition coefficient (Wildman–Crippen LogP) is 2.88. The van der Waals surface area contributed by atoms with Crippen LogP contribution in [0.1, 0.15) is 19.3 Å². The first-order valence-electron chi connectivity index (χ1n) is 5.52. The Kier molecular flexibility index (Phi) is 3.49. The number of para-hydroxylation sites is 1. The molecule has 1 atom stereocenters. The van der Waals surface area contributed by atoms with Crippen LogP contribution in [0.2, 0.25) is 5.02 Å². The Morgan fingerprint density at radius 2 is 2.13 bits per heavy atom. The summed E-state index contributed by atoms with van der Waals surface area (Å²) in [6.07, 6.45) is 3.92. The van der Waals surface area contributed by atoms with E-state index in [1.807, 2.05) is 24.3 Å². The first-order valence-corrected chi connectivity index (χ1v) is 5.90. The number of hydrogen-bond donors (Lipinski definition) is 2. The zero-order valence-corrected chi connectivity index (χ0v) is 9.50. The monoisotopic (exact) mass is 224 g/mol. The maximum atomic E-state index is 6.09. The topological polar surface area (TPSA) is 38.0 Å². The molecule has 1 saturated carbocycles. The summed E-state index contributed by atoms with van der Waals surface area (Å²) in [6, 6.07) is 8.21. The van der Waals surface area contributed by atoms with Crippen LogP contribution in [0.3, 0.4) is 0 Å². The molecule has 1 aromatic carbocycles. The minimum absolute atomic E-state index is 0.374. The van der Waals surface area contributed by atoms with Crippen molar-refractivity contribution in [2.45, 2.75) is 25.3 Å². The quantitative estimate of drug-likeness (QED) is 0.826. The molecule has 0 spiro atoms. The van der Waals surface area contributed by atoms with E-state index in [0.717, 1.165) is 16.6 Å². The Balaban J connectivity index is 2.02. The van der Waals surface area contributed by atoms with E-state index in [1.165, 1.54) is 19.3 Å². The van der Waals surface area contributed by atoms with Crippen LogP contribution in [0.4, 0.5) is 5.69 Å². The third-order valence-corrected chi connectivity index (χ3v) is 3.52. The molecule has 0 saturated heterocycles. The fourth-order valence-corrected chi connectivity index (χ4v) is 2.18. The molecule has 2 nitrogen and oxygen atoms in total. The molecule has 0 amide bonds. The summed E-state index contributed by atoms with van der Waals surface area (Å²) in [7, 11) is 0. The second kappa shape index (κ2) is 4.86. The Morgan fingerprint density at radius 3 is 2.67 bits per heavy atom. The van der Waals surface area contributed by atoms with Gasteiger partial charge in [-0.25, -0.2) is 0 Å². The van der Waals surface area contributed by atoms with Gasteiger partial charge in [-0.3, -0.25) is 0 Å². The lowest BCUT2D eigenvalue weighted by Crippen LogP contribution is -2.39. The van der Waals surface area contributed by atoms with Crippen LogP contribution in [0.5, 0.6) is 0 Å². The average Bonchev–Trinajstić information content (AvgIpc) is 2.17. The van der Waals surface area contributed by atoms with Gasteiger partial charge in [-0.05, 0) is 30.9 Å². The normalized spacial score (nSPS) is 18.3. The lowest BCUT2D eigenvalue weighted by Gasteiger charge is -2.34. The highest BCUT2D eigenvalue weighted by molar-refractivity contribution is 6.33. The summed E-state index contributed by atoms with van der Waals surface area (Å²) in [5, 5.41) is 4.22. The smallest absolute Gasteiger partial charge is 0.0637 e. The van der Waals surface area contributed by atoms with Gasteiger partial charge < -0.3 is 11.1 Å². The number of hydrogen-bond acceptors (Lipinski definition) is 2. The molecule has 0 bridgehead atoms. The standard InChI is InChI=1S/C12H17ClN2/c13-10-6-1-2-7-11(10)15-12(8-14)9-4-3-5-9/h1-2,6-7,9,12,15H,3-5,8,14H2. The maximum absolute atomic E-state index is 6.09. The lowest BCUT2D eigenvalue weighted by molar-refractivity contribution is 0.278. The van der Waals surface area contributed by atoms with Gasteiger partial charge in [0, 0.05) is 12.6 Å². The van der Waals surface area contributed by atoms with E-state index in [4.69, 9.17) is 17.3 Å². The molecule has 3 heteroatoms. The summed E-state index contributed by atoms with van der Waals surface area (Å²) in [6.45, 7) is 0.676. The van der Waals surface area contributed by atoms with Gasteiger partial charge in [0.1, 0.15) is 0 Å². The second-order valence-corrected chi connectivity index (χ2v) is 4.56. The molecule has 82 valence electrons. The van der Waals surface area contributed by atoms with Crippen molar-refractivity contribution in [2.75, 3.05) is 11.9 Å². The van der Waals surface area contributed by atoms with E-state index < -0.39 is 0 Å². The van der Waals surface area contributed by atoms with Gasteiger partial charge >= 0.3 is 0 Å². The third-order valence-electron chi connectivity index (χ3n) is 3.19. The molecule has 1 unspecified atom stereocenters. The molecule has 0 aromatic heterocycles. The van der Waals surface area contributed by atoms with Crippen molar-refractivity contribution in [1.29, 1.82) is 0 Å². The van der Waals surface area contributed by atoms with Gasteiger partial charge in [0.15, 0.2) is 0 Å². The molecule has 15 heavy (non-hydrogen) atoms. The molecule has 1 fully saturated rings. The van der Waals surface area contributed by atoms with E-state index in [9.17, 15) is 0 Å². The molecule has 0 aliphatic heterocycles. The Bertz CT molecular complexity index is 323. The molecule has 1 aromatic rings. The number of benzene rings is 1. The fourth-order valence-electron chi connectivity index (χ4n) is 1.99. The first-order chi connectivity index (χ1) is 7.31. The first kappa shape index (κ1) is 10.8. The third kappa shape index (κ3) is 2.44. The molecule has 3 N–H and O–H groups in total. The van der Waals surface area contributed by atoms with Gasteiger partial charge in [0.05, 0.1) is 10.7 Å². The predicted molar refractivity (Wildman–Crippen MR) is 65.3 cm³/mol. The minimum atomic E-state index is 0.374. The van der Waals surface area contributed by atoms with Gasteiger partial charge in [-0.15, -0.1) is 0 Å². The molecular formula is C12H17ClN2. The van der Waals surface area contributed by atoms with Crippen LogP contribution in [0, 0.1) is 5.92 Å². The summed E-state index contributed by atoms with van der Waals surface area (Å²) in [5.41, 5.74) is 6.78. The van der Waals surface area contributed by atoms with Crippen molar-refractivity contribution < 1.29 is 0 Å². The highest BCUT2D eigenvalue weighted by atomic mass is 35.5. The highest BCUT2D eigenvalue weighted by Crippen LogP contribution is 2.32. The number of rotatable bonds is 4. The zero-order chi connectivity index (χ0) is 10.7. The maximum Gasteiger partial charge on any atom is 0.0637 e. The molecule has 1 aliphatic rings. The van der Waals surface area contributed by atoms with E-state index in [2.05, 4.69) is 5.32 Å². The number of nitrogens with one attached hydrogen (secondary N) is 1. The Labute approximate surface area is 95.8 Å². The van der Waals surface area contributed by atoms with Crippen LogP contribution < -0.4 is 11.1 Å². The largest absolute Gasteiger partial charge is 0.380 e.